The van der Waals surface area contributed by atoms with Gasteiger partial charge < -0.3 is 19.5 Å². The van der Waals surface area contributed by atoms with E-state index in [1.54, 1.807) is 18.2 Å². The Morgan fingerprint density at radius 1 is 1.16 bits per heavy atom. The zero-order valence-corrected chi connectivity index (χ0v) is 19.5. The van der Waals surface area contributed by atoms with Crippen LogP contribution in [0.4, 0.5) is 14.6 Å². The average Bonchev–Trinajstić information content (AvgIpc) is 3.11. The van der Waals surface area contributed by atoms with Gasteiger partial charge in [0, 0.05) is 52.6 Å². The molecule has 0 amide bonds. The van der Waals surface area contributed by atoms with E-state index < -0.39 is 17.6 Å². The van der Waals surface area contributed by atoms with Crippen LogP contribution in [-0.4, -0.2) is 17.5 Å². The third kappa shape index (κ3) is 5.18. The Balaban J connectivity index is 0.00000272. The molecule has 4 rings (SSSR count). The van der Waals surface area contributed by atoms with Crippen LogP contribution in [0, 0.1) is 11.6 Å². The van der Waals surface area contributed by atoms with Gasteiger partial charge in [-0.2, -0.15) is 0 Å². The second-order valence-corrected chi connectivity index (χ2v) is 7.33. The molecule has 9 heteroatoms. The number of pyridine rings is 1. The van der Waals surface area contributed by atoms with Crippen molar-refractivity contribution in [2.45, 2.75) is 19.6 Å². The molecule has 0 N–H and O–H groups in total. The summed E-state index contributed by atoms with van der Waals surface area (Å²) < 4.78 is 32.8. The average molecular weight is 453 g/mol. The number of carbonyl (C=O) groups is 1. The first-order chi connectivity index (χ1) is 14.4. The molecule has 3 aromatic rings. The molecule has 0 atom stereocenters. The van der Waals surface area contributed by atoms with Gasteiger partial charge in [-0.05, 0) is 42.8 Å². The topological polar surface area (TPSA) is 65.5 Å². The van der Waals surface area contributed by atoms with Crippen LogP contribution >= 0.6 is 11.6 Å². The van der Waals surface area contributed by atoms with Crippen LogP contribution in [0.15, 0.2) is 48.7 Å². The molecule has 0 unspecified atom stereocenters. The number of benzene rings is 2. The van der Waals surface area contributed by atoms with Gasteiger partial charge in [-0.1, -0.05) is 11.6 Å². The molecule has 1 aromatic heterocycles. The first kappa shape index (κ1) is 23.5. The number of hydrogen-bond acceptors (Lipinski definition) is 5. The predicted molar refractivity (Wildman–Crippen MR) is 105 cm³/mol. The summed E-state index contributed by atoms with van der Waals surface area (Å²) >= 11 is 6.15. The minimum Gasteiger partial charge on any atom is -0.545 e. The number of ether oxygens (including phenoxy) is 1. The number of anilines is 1. The van der Waals surface area contributed by atoms with Crippen LogP contribution in [-0.2, 0) is 19.6 Å². The fraction of sp³-hybridized carbons (Fsp3) is 0.182. The van der Waals surface area contributed by atoms with Crippen molar-refractivity contribution in [3.8, 4) is 5.75 Å². The number of carboxylic acid groups (broad SMARTS) is 1. The van der Waals surface area contributed by atoms with Gasteiger partial charge in [-0.15, -0.1) is 0 Å². The monoisotopic (exact) mass is 452 g/mol. The summed E-state index contributed by atoms with van der Waals surface area (Å²) in [7, 11) is 0. The number of carbonyl (C=O) groups excluding carboxylic acids is 1. The van der Waals surface area contributed by atoms with E-state index in [0.717, 1.165) is 11.6 Å². The molecular weight excluding hydrogens is 437 g/mol. The van der Waals surface area contributed by atoms with Crippen molar-refractivity contribution in [2.24, 2.45) is 0 Å². The van der Waals surface area contributed by atoms with Crippen LogP contribution in [0.25, 0.3) is 0 Å². The SMILES string of the molecule is O=C([O-])c1ccnc2c1CCN2Cc1cc(Cl)ccc1OCc1ccc(F)cc1F.[Na+]. The minimum atomic E-state index is -1.23. The van der Waals surface area contributed by atoms with Gasteiger partial charge in [-0.25, -0.2) is 13.8 Å². The predicted octanol–water partition coefficient (Wildman–Crippen LogP) is 0.522. The minimum absolute atomic E-state index is 0. The van der Waals surface area contributed by atoms with Gasteiger partial charge in [0.15, 0.2) is 0 Å². The van der Waals surface area contributed by atoms with E-state index in [1.807, 2.05) is 4.90 Å². The maximum Gasteiger partial charge on any atom is 1.00 e. The zero-order valence-electron chi connectivity index (χ0n) is 16.7. The van der Waals surface area contributed by atoms with Crippen molar-refractivity contribution in [1.29, 1.82) is 0 Å². The Morgan fingerprint density at radius 2 is 1.97 bits per heavy atom. The molecule has 0 radical (unpaired) electrons. The number of nitrogens with zero attached hydrogens (tertiary/aromatic N) is 2. The molecule has 0 saturated carbocycles. The van der Waals surface area contributed by atoms with Crippen LogP contribution in [0.5, 0.6) is 5.75 Å². The van der Waals surface area contributed by atoms with Crippen LogP contribution < -0.4 is 44.3 Å². The molecule has 0 fully saturated rings. The largest absolute Gasteiger partial charge is 1.00 e. The van der Waals surface area contributed by atoms with Crippen molar-refractivity contribution in [1.82, 2.24) is 4.98 Å². The standard InChI is InChI=1S/C22H17ClF2N2O3.Na/c23-15-2-4-20(30-12-13-1-3-16(24)10-19(13)25)14(9-15)11-27-8-6-17-18(22(28)29)5-7-26-21(17)27;/h1-5,7,9-10H,6,8,11-12H2,(H,28,29);/q;+1/p-1. The molecule has 1 aliphatic heterocycles. The Kier molecular flexibility index (Phi) is 7.54. The van der Waals surface area contributed by atoms with Crippen LogP contribution in [0.2, 0.25) is 5.02 Å². The maximum atomic E-state index is 13.9. The van der Waals surface area contributed by atoms with E-state index in [1.165, 1.54) is 24.4 Å². The van der Waals surface area contributed by atoms with Gasteiger partial charge in [0.25, 0.3) is 0 Å². The van der Waals surface area contributed by atoms with Crippen molar-refractivity contribution in [2.75, 3.05) is 11.4 Å². The number of hydrogen-bond donors (Lipinski definition) is 0. The molecule has 1 aliphatic rings. The smallest absolute Gasteiger partial charge is 0.545 e. The Hall–Kier alpha value is -2.19. The normalized spacial score (nSPS) is 12.3. The van der Waals surface area contributed by atoms with E-state index in [0.29, 0.717) is 41.7 Å². The quantitative estimate of drug-likeness (QED) is 0.510. The van der Waals surface area contributed by atoms with Gasteiger partial charge in [0.2, 0.25) is 0 Å². The summed E-state index contributed by atoms with van der Waals surface area (Å²) in [5.74, 6) is -1.50. The van der Waals surface area contributed by atoms with Gasteiger partial charge in [0.05, 0.1) is 5.97 Å². The molecule has 0 saturated heterocycles. The van der Waals surface area contributed by atoms with Gasteiger partial charge >= 0.3 is 29.6 Å². The van der Waals surface area contributed by atoms with E-state index >= 15 is 0 Å². The molecule has 0 spiro atoms. The summed E-state index contributed by atoms with van der Waals surface area (Å²) in [5.41, 5.74) is 1.73. The molecule has 0 bridgehead atoms. The van der Waals surface area contributed by atoms with E-state index in [-0.39, 0.29) is 47.3 Å². The van der Waals surface area contributed by atoms with Gasteiger partial charge in [-0.3, -0.25) is 0 Å². The first-order valence-electron chi connectivity index (χ1n) is 9.21. The number of aromatic nitrogens is 1. The van der Waals surface area contributed by atoms with Crippen LogP contribution in [0.1, 0.15) is 27.0 Å². The third-order valence-corrected chi connectivity index (χ3v) is 5.20. The Bertz CT molecular complexity index is 1130. The number of rotatable bonds is 6. The summed E-state index contributed by atoms with van der Waals surface area (Å²) in [6.45, 7) is 0.869. The van der Waals surface area contributed by atoms with Crippen molar-refractivity contribution in [3.63, 3.8) is 0 Å². The maximum absolute atomic E-state index is 13.9. The number of aromatic carboxylic acids is 1. The van der Waals surface area contributed by atoms with E-state index in [4.69, 9.17) is 16.3 Å². The zero-order chi connectivity index (χ0) is 21.3. The fourth-order valence-electron chi connectivity index (χ4n) is 3.51. The van der Waals surface area contributed by atoms with Crippen molar-refractivity contribution >= 4 is 23.4 Å². The second-order valence-electron chi connectivity index (χ2n) is 6.90. The second kappa shape index (κ2) is 9.96. The summed E-state index contributed by atoms with van der Waals surface area (Å²) in [4.78, 5) is 17.6. The Labute approximate surface area is 204 Å². The third-order valence-electron chi connectivity index (χ3n) is 4.97. The van der Waals surface area contributed by atoms with E-state index in [9.17, 15) is 18.7 Å². The molecule has 5 nitrogen and oxygen atoms in total. The number of fused-ring (bicyclic) bond motifs is 1. The molecule has 154 valence electrons. The first-order valence-corrected chi connectivity index (χ1v) is 9.59. The fourth-order valence-corrected chi connectivity index (χ4v) is 3.71. The summed E-state index contributed by atoms with van der Waals surface area (Å²) in [5, 5.41) is 11.8. The van der Waals surface area contributed by atoms with Crippen molar-refractivity contribution < 1.29 is 53.0 Å². The number of halogens is 3. The van der Waals surface area contributed by atoms with Gasteiger partial charge in [0.1, 0.15) is 29.8 Å². The molecule has 2 aromatic carbocycles. The van der Waals surface area contributed by atoms with Crippen LogP contribution in [0.3, 0.4) is 0 Å². The summed E-state index contributed by atoms with van der Waals surface area (Å²) in [6, 6.07) is 9.83. The summed E-state index contributed by atoms with van der Waals surface area (Å²) in [6.07, 6.45) is 1.97. The number of carboxylic acids is 1. The molecule has 31 heavy (non-hydrogen) atoms. The molecule has 2 heterocycles. The molecule has 0 aliphatic carbocycles. The van der Waals surface area contributed by atoms with E-state index in [2.05, 4.69) is 4.98 Å². The van der Waals surface area contributed by atoms with Crippen molar-refractivity contribution in [3.05, 3.63) is 87.6 Å². The Morgan fingerprint density at radius 3 is 2.71 bits per heavy atom. The molecular formula is C22H16ClF2N2NaO3.